The van der Waals surface area contributed by atoms with Crippen molar-refractivity contribution in [1.29, 1.82) is 0 Å². The fourth-order valence-corrected chi connectivity index (χ4v) is 4.98. The van der Waals surface area contributed by atoms with Gasteiger partial charge in [-0.1, -0.05) is 17.7 Å². The molecular formula is C21H23ClN4O5S. The minimum absolute atomic E-state index is 0.00599. The van der Waals surface area contributed by atoms with Crippen LogP contribution in [0.2, 0.25) is 5.02 Å². The van der Waals surface area contributed by atoms with Gasteiger partial charge in [0.25, 0.3) is 5.91 Å². The average Bonchev–Trinajstić information content (AvgIpc) is 2.75. The number of carbonyl (C=O) groups is 3. The van der Waals surface area contributed by atoms with E-state index in [2.05, 4.69) is 10.6 Å². The van der Waals surface area contributed by atoms with Crippen molar-refractivity contribution in [2.45, 2.75) is 18.7 Å². The predicted octanol–water partition coefficient (Wildman–Crippen LogP) is 2.40. The van der Waals surface area contributed by atoms with Gasteiger partial charge in [0.2, 0.25) is 21.8 Å². The molecule has 3 rings (SSSR count). The van der Waals surface area contributed by atoms with Gasteiger partial charge in [-0.15, -0.1) is 0 Å². The zero-order valence-electron chi connectivity index (χ0n) is 17.6. The van der Waals surface area contributed by atoms with Crippen molar-refractivity contribution in [3.63, 3.8) is 0 Å². The van der Waals surface area contributed by atoms with Crippen molar-refractivity contribution in [3.8, 4) is 0 Å². The lowest BCUT2D eigenvalue weighted by Gasteiger charge is -2.33. The highest BCUT2D eigenvalue weighted by molar-refractivity contribution is 7.89. The second kappa shape index (κ2) is 9.68. The van der Waals surface area contributed by atoms with Crippen LogP contribution < -0.4 is 10.6 Å². The largest absolute Gasteiger partial charge is 0.340 e. The first-order valence-electron chi connectivity index (χ1n) is 9.82. The molecule has 3 amide bonds. The van der Waals surface area contributed by atoms with E-state index in [1.54, 1.807) is 17.0 Å². The van der Waals surface area contributed by atoms with Gasteiger partial charge in [0.05, 0.1) is 15.6 Å². The van der Waals surface area contributed by atoms with Gasteiger partial charge in [0.1, 0.15) is 0 Å². The molecule has 1 aliphatic rings. The van der Waals surface area contributed by atoms with Crippen LogP contribution in [-0.2, 0) is 19.6 Å². The van der Waals surface area contributed by atoms with E-state index in [9.17, 15) is 22.8 Å². The summed E-state index contributed by atoms with van der Waals surface area (Å²) < 4.78 is 27.3. The van der Waals surface area contributed by atoms with Gasteiger partial charge in [-0.2, -0.15) is 4.31 Å². The standard InChI is InChI=1S/C21H23ClN4O5S/c1-14(27)23-17-6-7-20(19(22)13-17)24-21(29)16-4-3-5-18(12-16)32(30,31)26-10-8-25(9-11-26)15(2)28/h3-7,12-13H,8-11H2,1-2H3,(H,23,27)(H,24,29). The van der Waals surface area contributed by atoms with E-state index < -0.39 is 15.9 Å². The Balaban J connectivity index is 1.75. The first-order chi connectivity index (χ1) is 15.1. The summed E-state index contributed by atoms with van der Waals surface area (Å²) in [6, 6.07) is 10.4. The van der Waals surface area contributed by atoms with E-state index in [0.29, 0.717) is 24.5 Å². The maximum atomic E-state index is 13.0. The molecule has 0 saturated carbocycles. The Morgan fingerprint density at radius 3 is 2.22 bits per heavy atom. The molecule has 1 fully saturated rings. The maximum absolute atomic E-state index is 13.0. The molecule has 0 aromatic heterocycles. The van der Waals surface area contributed by atoms with Crippen molar-refractivity contribution in [2.75, 3.05) is 36.8 Å². The third-order valence-electron chi connectivity index (χ3n) is 4.96. The van der Waals surface area contributed by atoms with Gasteiger partial charge in [-0.05, 0) is 36.4 Å². The van der Waals surface area contributed by atoms with Crippen molar-refractivity contribution in [1.82, 2.24) is 9.21 Å². The molecule has 0 spiro atoms. The van der Waals surface area contributed by atoms with E-state index in [1.165, 1.54) is 48.5 Å². The van der Waals surface area contributed by atoms with E-state index in [1.807, 2.05) is 0 Å². The van der Waals surface area contributed by atoms with E-state index in [4.69, 9.17) is 11.6 Å². The molecule has 11 heteroatoms. The number of piperazine rings is 1. The Labute approximate surface area is 191 Å². The zero-order chi connectivity index (χ0) is 23.5. The quantitative estimate of drug-likeness (QED) is 0.684. The lowest BCUT2D eigenvalue weighted by Crippen LogP contribution is -2.49. The normalized spacial score (nSPS) is 14.7. The molecule has 0 radical (unpaired) electrons. The highest BCUT2D eigenvalue weighted by Crippen LogP contribution is 2.26. The molecule has 1 aliphatic heterocycles. The zero-order valence-corrected chi connectivity index (χ0v) is 19.2. The van der Waals surface area contributed by atoms with Crippen molar-refractivity contribution in [2.24, 2.45) is 0 Å². The minimum Gasteiger partial charge on any atom is -0.340 e. The number of sulfonamides is 1. The molecule has 32 heavy (non-hydrogen) atoms. The van der Waals surface area contributed by atoms with Crippen LogP contribution >= 0.6 is 11.6 Å². The Morgan fingerprint density at radius 1 is 0.938 bits per heavy atom. The molecule has 2 N–H and O–H groups in total. The number of benzene rings is 2. The van der Waals surface area contributed by atoms with Crippen LogP contribution in [0.4, 0.5) is 11.4 Å². The molecular weight excluding hydrogens is 456 g/mol. The van der Waals surface area contributed by atoms with Gasteiger partial charge in [-0.3, -0.25) is 14.4 Å². The average molecular weight is 479 g/mol. The molecule has 0 bridgehead atoms. The topological polar surface area (TPSA) is 116 Å². The number of carbonyl (C=O) groups excluding carboxylic acids is 3. The first-order valence-corrected chi connectivity index (χ1v) is 11.6. The summed E-state index contributed by atoms with van der Waals surface area (Å²) >= 11 is 6.19. The number of nitrogens with zero attached hydrogens (tertiary/aromatic N) is 2. The predicted molar refractivity (Wildman–Crippen MR) is 121 cm³/mol. The van der Waals surface area contributed by atoms with Crippen molar-refractivity contribution in [3.05, 3.63) is 53.1 Å². The third kappa shape index (κ3) is 5.45. The van der Waals surface area contributed by atoms with Crippen molar-refractivity contribution >= 4 is 50.7 Å². The van der Waals surface area contributed by atoms with Crippen LogP contribution in [0.3, 0.4) is 0 Å². The van der Waals surface area contributed by atoms with Gasteiger partial charge in [0.15, 0.2) is 0 Å². The van der Waals surface area contributed by atoms with Crippen molar-refractivity contribution < 1.29 is 22.8 Å². The van der Waals surface area contributed by atoms with Crippen LogP contribution in [0.1, 0.15) is 24.2 Å². The molecule has 1 saturated heterocycles. The summed E-state index contributed by atoms with van der Waals surface area (Å²) in [5.41, 5.74) is 0.952. The molecule has 170 valence electrons. The molecule has 2 aromatic carbocycles. The monoisotopic (exact) mass is 478 g/mol. The van der Waals surface area contributed by atoms with Gasteiger partial charge in [0, 0.05) is 51.3 Å². The van der Waals surface area contributed by atoms with Crippen LogP contribution in [0.25, 0.3) is 0 Å². The van der Waals surface area contributed by atoms with E-state index in [-0.39, 0.29) is 40.4 Å². The number of halogens is 1. The van der Waals surface area contributed by atoms with Crippen LogP contribution in [0, 0.1) is 0 Å². The van der Waals surface area contributed by atoms with Crippen LogP contribution in [0.5, 0.6) is 0 Å². The van der Waals surface area contributed by atoms with E-state index in [0.717, 1.165) is 0 Å². The molecule has 0 unspecified atom stereocenters. The number of hydrogen-bond acceptors (Lipinski definition) is 5. The first kappa shape index (κ1) is 23.7. The van der Waals surface area contributed by atoms with E-state index >= 15 is 0 Å². The second-order valence-corrected chi connectivity index (χ2v) is 9.61. The number of amides is 3. The van der Waals surface area contributed by atoms with Crippen LogP contribution in [-0.4, -0.2) is 61.5 Å². The molecule has 9 nitrogen and oxygen atoms in total. The molecule has 0 atom stereocenters. The number of nitrogens with one attached hydrogen (secondary N) is 2. The second-order valence-electron chi connectivity index (χ2n) is 7.27. The lowest BCUT2D eigenvalue weighted by molar-refractivity contribution is -0.130. The molecule has 0 aliphatic carbocycles. The lowest BCUT2D eigenvalue weighted by atomic mass is 10.2. The van der Waals surface area contributed by atoms with Crippen LogP contribution in [0.15, 0.2) is 47.4 Å². The summed E-state index contributed by atoms with van der Waals surface area (Å²) in [5.74, 6) is -0.874. The minimum atomic E-state index is -3.82. The number of hydrogen-bond donors (Lipinski definition) is 2. The summed E-state index contributed by atoms with van der Waals surface area (Å²) in [6.07, 6.45) is 0. The third-order valence-corrected chi connectivity index (χ3v) is 7.16. The van der Waals surface area contributed by atoms with Gasteiger partial charge >= 0.3 is 0 Å². The SMILES string of the molecule is CC(=O)Nc1ccc(NC(=O)c2cccc(S(=O)(=O)N3CCN(C(C)=O)CC3)c2)c(Cl)c1. The summed E-state index contributed by atoms with van der Waals surface area (Å²) in [5, 5.41) is 5.46. The highest BCUT2D eigenvalue weighted by Gasteiger charge is 2.29. The Kier molecular flexibility index (Phi) is 7.17. The summed E-state index contributed by atoms with van der Waals surface area (Å²) in [6.45, 7) is 3.84. The molecule has 1 heterocycles. The Bertz CT molecular complexity index is 1160. The highest BCUT2D eigenvalue weighted by atomic mass is 35.5. The Morgan fingerprint density at radius 2 is 1.62 bits per heavy atom. The fraction of sp³-hybridized carbons (Fsp3) is 0.286. The van der Waals surface area contributed by atoms with Gasteiger partial charge < -0.3 is 15.5 Å². The summed E-state index contributed by atoms with van der Waals surface area (Å²) in [7, 11) is -3.82. The maximum Gasteiger partial charge on any atom is 0.255 e. The number of rotatable bonds is 5. The smallest absolute Gasteiger partial charge is 0.255 e. The fourth-order valence-electron chi connectivity index (χ4n) is 3.28. The Hall–Kier alpha value is -2.95. The number of anilines is 2. The van der Waals surface area contributed by atoms with Gasteiger partial charge in [-0.25, -0.2) is 8.42 Å². The molecule has 2 aromatic rings. The summed E-state index contributed by atoms with van der Waals surface area (Å²) in [4.78, 5) is 36.9.